The van der Waals surface area contributed by atoms with Gasteiger partial charge in [0.15, 0.2) is 0 Å². The molecule has 21 heavy (non-hydrogen) atoms. The zero-order chi connectivity index (χ0) is 15.8. The van der Waals surface area contributed by atoms with Crippen molar-refractivity contribution in [1.82, 2.24) is 10.2 Å². The van der Waals surface area contributed by atoms with Crippen molar-refractivity contribution < 1.29 is 4.79 Å². The normalized spacial score (nSPS) is 29.3. The summed E-state index contributed by atoms with van der Waals surface area (Å²) >= 11 is 0. The van der Waals surface area contributed by atoms with Gasteiger partial charge in [-0.3, -0.25) is 4.79 Å². The largest absolute Gasteiger partial charge is 0.354 e. The van der Waals surface area contributed by atoms with Crippen molar-refractivity contribution in [3.63, 3.8) is 0 Å². The average molecular weight is 292 g/mol. The molecular formula is C18H32N2O. The van der Waals surface area contributed by atoms with E-state index in [1.54, 1.807) is 0 Å². The molecule has 2 rings (SSSR count). The van der Waals surface area contributed by atoms with Crippen molar-refractivity contribution in [2.24, 2.45) is 17.3 Å². The van der Waals surface area contributed by atoms with Gasteiger partial charge in [-0.05, 0) is 52.1 Å². The molecule has 0 spiro atoms. The van der Waals surface area contributed by atoms with E-state index in [1.807, 2.05) is 0 Å². The van der Waals surface area contributed by atoms with Crippen LogP contribution in [0.2, 0.25) is 0 Å². The third-order valence-corrected chi connectivity index (χ3v) is 5.78. The number of nitrogens with zero attached hydrogens (tertiary/aromatic N) is 1. The maximum atomic E-state index is 12.6. The second-order valence-corrected chi connectivity index (χ2v) is 8.11. The van der Waals surface area contributed by atoms with E-state index in [0.29, 0.717) is 5.92 Å². The predicted octanol–water partition coefficient (Wildman–Crippen LogP) is 3.22. The molecule has 1 amide bonds. The summed E-state index contributed by atoms with van der Waals surface area (Å²) in [6, 6.07) is 0. The van der Waals surface area contributed by atoms with Crippen LogP contribution in [-0.4, -0.2) is 37.0 Å². The van der Waals surface area contributed by atoms with E-state index in [-0.39, 0.29) is 22.8 Å². The molecule has 0 aromatic carbocycles. The Bertz CT molecular complexity index is 426. The van der Waals surface area contributed by atoms with Crippen molar-refractivity contribution in [2.75, 3.05) is 20.6 Å². The number of nitrogens with one attached hydrogen (secondary N) is 1. The zero-order valence-electron chi connectivity index (χ0n) is 14.6. The first-order valence-electron chi connectivity index (χ1n) is 8.31. The van der Waals surface area contributed by atoms with Crippen LogP contribution >= 0.6 is 0 Å². The maximum absolute atomic E-state index is 12.6. The predicted molar refractivity (Wildman–Crippen MR) is 88.1 cm³/mol. The van der Waals surface area contributed by atoms with E-state index >= 15 is 0 Å². The van der Waals surface area contributed by atoms with Crippen LogP contribution in [0.4, 0.5) is 0 Å². The highest BCUT2D eigenvalue weighted by atomic mass is 16.2. The van der Waals surface area contributed by atoms with Crippen LogP contribution in [0.15, 0.2) is 11.6 Å². The minimum absolute atomic E-state index is 0.113. The number of amides is 1. The second-order valence-electron chi connectivity index (χ2n) is 8.11. The lowest BCUT2D eigenvalue weighted by atomic mass is 9.96. The van der Waals surface area contributed by atoms with Gasteiger partial charge in [0.05, 0.1) is 5.92 Å². The van der Waals surface area contributed by atoms with Gasteiger partial charge in [0.2, 0.25) is 5.91 Å². The molecule has 2 aliphatic rings. The van der Waals surface area contributed by atoms with Gasteiger partial charge >= 0.3 is 0 Å². The molecule has 3 heteroatoms. The number of hydrogen-bond acceptors (Lipinski definition) is 2. The van der Waals surface area contributed by atoms with Crippen molar-refractivity contribution in [3.8, 4) is 0 Å². The van der Waals surface area contributed by atoms with Gasteiger partial charge in [0.1, 0.15) is 0 Å². The monoisotopic (exact) mass is 292 g/mol. The molecular weight excluding hydrogens is 260 g/mol. The zero-order valence-corrected chi connectivity index (χ0v) is 14.6. The van der Waals surface area contributed by atoms with Crippen LogP contribution in [-0.2, 0) is 4.79 Å². The van der Waals surface area contributed by atoms with E-state index in [0.717, 1.165) is 6.54 Å². The Morgan fingerprint density at radius 1 is 1.24 bits per heavy atom. The highest BCUT2D eigenvalue weighted by Gasteiger charge is 2.60. The highest BCUT2D eigenvalue weighted by molar-refractivity contribution is 5.83. The number of rotatable bonds is 5. The van der Waals surface area contributed by atoms with E-state index in [4.69, 9.17) is 0 Å². The van der Waals surface area contributed by atoms with Gasteiger partial charge < -0.3 is 10.2 Å². The minimum atomic E-state index is 0.113. The van der Waals surface area contributed by atoms with Crippen LogP contribution in [0, 0.1) is 17.3 Å². The Hall–Kier alpha value is -0.830. The molecule has 3 nitrogen and oxygen atoms in total. The maximum Gasteiger partial charge on any atom is 0.224 e. The Kier molecular flexibility index (Phi) is 4.53. The fraction of sp³-hybridized carbons (Fsp3) is 0.833. The summed E-state index contributed by atoms with van der Waals surface area (Å²) in [5.41, 5.74) is 1.60. The summed E-state index contributed by atoms with van der Waals surface area (Å²) in [5, 5.41) is 3.26. The van der Waals surface area contributed by atoms with E-state index in [9.17, 15) is 4.79 Å². The summed E-state index contributed by atoms with van der Waals surface area (Å²) in [6.07, 6.45) is 7.23. The Morgan fingerprint density at radius 2 is 1.81 bits per heavy atom. The number of carbonyl (C=O) groups is 1. The van der Waals surface area contributed by atoms with Crippen molar-refractivity contribution >= 4 is 5.91 Å². The fourth-order valence-corrected chi connectivity index (χ4v) is 4.03. The third kappa shape index (κ3) is 3.18. The van der Waals surface area contributed by atoms with Crippen LogP contribution in [0.25, 0.3) is 0 Å². The number of likely N-dealkylation sites (N-methyl/N-ethyl adjacent to an activating group) is 1. The molecule has 0 bridgehead atoms. The first-order chi connectivity index (χ1) is 9.70. The lowest BCUT2D eigenvalue weighted by molar-refractivity contribution is -0.123. The van der Waals surface area contributed by atoms with Crippen LogP contribution in [0.3, 0.4) is 0 Å². The molecule has 0 saturated heterocycles. The average Bonchev–Trinajstić information content (AvgIpc) is 2.79. The Balaban J connectivity index is 1.95. The smallest absolute Gasteiger partial charge is 0.224 e. The summed E-state index contributed by atoms with van der Waals surface area (Å²) in [6.45, 7) is 9.44. The Morgan fingerprint density at radius 3 is 2.29 bits per heavy atom. The van der Waals surface area contributed by atoms with Crippen molar-refractivity contribution in [1.29, 1.82) is 0 Å². The van der Waals surface area contributed by atoms with Crippen molar-refractivity contribution in [3.05, 3.63) is 11.6 Å². The lowest BCUT2D eigenvalue weighted by Gasteiger charge is -2.36. The molecule has 0 heterocycles. The van der Waals surface area contributed by atoms with Gasteiger partial charge in [-0.2, -0.15) is 0 Å². The Labute approximate surface area is 130 Å². The summed E-state index contributed by atoms with van der Waals surface area (Å²) in [4.78, 5) is 14.9. The summed E-state index contributed by atoms with van der Waals surface area (Å²) < 4.78 is 0. The molecule has 120 valence electrons. The SMILES string of the molecule is CC(C)=C[C@H]1[C@H](C(=O)NCC2(N(C)C)CCCC2)C1(C)C. The number of carbonyl (C=O) groups excluding carboxylic acids is 1. The van der Waals surface area contributed by atoms with E-state index < -0.39 is 0 Å². The van der Waals surface area contributed by atoms with E-state index in [1.165, 1.54) is 31.3 Å². The first-order valence-corrected chi connectivity index (χ1v) is 8.31. The minimum Gasteiger partial charge on any atom is -0.354 e. The third-order valence-electron chi connectivity index (χ3n) is 5.78. The summed E-state index contributed by atoms with van der Waals surface area (Å²) in [5.74, 6) is 0.796. The van der Waals surface area contributed by atoms with Crippen LogP contribution in [0.1, 0.15) is 53.4 Å². The van der Waals surface area contributed by atoms with Gasteiger partial charge in [-0.15, -0.1) is 0 Å². The lowest BCUT2D eigenvalue weighted by Crippen LogP contribution is -2.51. The standard InChI is InChI=1S/C18H32N2O/c1-13(2)11-14-15(17(14,3)4)16(21)19-12-18(20(5)6)9-7-8-10-18/h11,14-15H,7-10,12H2,1-6H3,(H,19,21)/t14-,15+/m0/s1. The van der Waals surface area contributed by atoms with Crippen molar-refractivity contribution in [2.45, 2.75) is 58.9 Å². The quantitative estimate of drug-likeness (QED) is 0.789. The molecule has 0 unspecified atom stereocenters. The molecule has 2 aliphatic carbocycles. The van der Waals surface area contributed by atoms with Gasteiger partial charge in [0.25, 0.3) is 0 Å². The fourth-order valence-electron chi connectivity index (χ4n) is 4.03. The molecule has 0 aliphatic heterocycles. The van der Waals surface area contributed by atoms with Gasteiger partial charge in [0, 0.05) is 12.1 Å². The van der Waals surface area contributed by atoms with Gasteiger partial charge in [-0.1, -0.05) is 38.3 Å². The second kappa shape index (κ2) is 5.75. The molecule has 1 N–H and O–H groups in total. The molecule has 0 aromatic heterocycles. The van der Waals surface area contributed by atoms with Crippen LogP contribution < -0.4 is 5.32 Å². The van der Waals surface area contributed by atoms with Gasteiger partial charge in [-0.25, -0.2) is 0 Å². The topological polar surface area (TPSA) is 32.3 Å². The van der Waals surface area contributed by atoms with E-state index in [2.05, 4.69) is 58.1 Å². The highest BCUT2D eigenvalue weighted by Crippen LogP contribution is 2.59. The molecule has 2 saturated carbocycles. The summed E-state index contributed by atoms with van der Waals surface area (Å²) in [7, 11) is 4.29. The van der Waals surface area contributed by atoms with Crippen LogP contribution in [0.5, 0.6) is 0 Å². The molecule has 2 atom stereocenters. The first kappa shape index (κ1) is 16.5. The molecule has 0 radical (unpaired) electrons. The number of allylic oxidation sites excluding steroid dienone is 2. The molecule has 0 aromatic rings. The molecule has 2 fully saturated rings. The number of hydrogen-bond donors (Lipinski definition) is 1.